The molecule has 0 unspecified atom stereocenters. The molecule has 0 amide bonds. The molecule has 0 aliphatic carbocycles. The Labute approximate surface area is 92.7 Å². The van der Waals surface area contributed by atoms with Gasteiger partial charge < -0.3 is 9.47 Å². The summed E-state index contributed by atoms with van der Waals surface area (Å²) < 4.78 is 11.4. The third-order valence-electron chi connectivity index (χ3n) is 3.60. The lowest BCUT2D eigenvalue weighted by Gasteiger charge is -2.49. The number of rotatable bonds is 0. The largest absolute Gasteiger partial charge is 0.381 e. The fraction of sp³-hybridized carbons (Fsp3) is 1.00. The summed E-state index contributed by atoms with van der Waals surface area (Å²) in [5, 5.41) is 0. The Morgan fingerprint density at radius 1 is 1.07 bits per heavy atom. The lowest BCUT2D eigenvalue weighted by atomic mass is 9.90. The van der Waals surface area contributed by atoms with Gasteiger partial charge in [-0.3, -0.25) is 4.90 Å². The van der Waals surface area contributed by atoms with Crippen molar-refractivity contribution in [2.24, 2.45) is 0 Å². The van der Waals surface area contributed by atoms with Crippen molar-refractivity contribution in [3.05, 3.63) is 0 Å². The first-order valence-corrected chi connectivity index (χ1v) is 5.99. The topological polar surface area (TPSA) is 21.7 Å². The van der Waals surface area contributed by atoms with Crippen molar-refractivity contribution in [3.63, 3.8) is 0 Å². The molecule has 15 heavy (non-hydrogen) atoms. The van der Waals surface area contributed by atoms with Crippen LogP contribution in [0, 0.1) is 0 Å². The SMILES string of the molecule is CC(C)(C)N1CCOC2(CCOCC2)C1. The first-order valence-electron chi connectivity index (χ1n) is 5.99. The van der Waals surface area contributed by atoms with Crippen LogP contribution >= 0.6 is 0 Å². The molecule has 0 aromatic carbocycles. The summed E-state index contributed by atoms with van der Waals surface area (Å²) in [6, 6.07) is 0. The Morgan fingerprint density at radius 3 is 2.33 bits per heavy atom. The molecule has 2 rings (SSSR count). The Hall–Kier alpha value is -0.120. The molecule has 0 aromatic rings. The van der Waals surface area contributed by atoms with Crippen LogP contribution in [0.5, 0.6) is 0 Å². The minimum absolute atomic E-state index is 0.0871. The van der Waals surface area contributed by atoms with Gasteiger partial charge in [0.05, 0.1) is 12.2 Å². The summed E-state index contributed by atoms with van der Waals surface area (Å²) >= 11 is 0. The van der Waals surface area contributed by atoms with E-state index in [0.717, 1.165) is 45.8 Å². The van der Waals surface area contributed by atoms with Crippen LogP contribution in [0.2, 0.25) is 0 Å². The highest BCUT2D eigenvalue weighted by Crippen LogP contribution is 2.31. The fourth-order valence-electron chi connectivity index (χ4n) is 2.46. The second-order valence-electron chi connectivity index (χ2n) is 5.74. The van der Waals surface area contributed by atoms with E-state index in [1.165, 1.54) is 0 Å². The maximum absolute atomic E-state index is 6.01. The number of nitrogens with zero attached hydrogens (tertiary/aromatic N) is 1. The molecule has 1 spiro atoms. The molecule has 3 heteroatoms. The monoisotopic (exact) mass is 213 g/mol. The van der Waals surface area contributed by atoms with E-state index in [0.29, 0.717) is 0 Å². The molecule has 2 saturated heterocycles. The van der Waals surface area contributed by atoms with Gasteiger partial charge in [-0.05, 0) is 20.8 Å². The van der Waals surface area contributed by atoms with E-state index in [-0.39, 0.29) is 11.1 Å². The molecule has 0 bridgehead atoms. The van der Waals surface area contributed by atoms with Gasteiger partial charge in [-0.25, -0.2) is 0 Å². The zero-order valence-electron chi connectivity index (χ0n) is 10.2. The van der Waals surface area contributed by atoms with Crippen LogP contribution in [0.25, 0.3) is 0 Å². The highest BCUT2D eigenvalue weighted by atomic mass is 16.5. The quantitative estimate of drug-likeness (QED) is 0.611. The van der Waals surface area contributed by atoms with E-state index in [2.05, 4.69) is 25.7 Å². The summed E-state index contributed by atoms with van der Waals surface area (Å²) in [6.45, 7) is 11.6. The summed E-state index contributed by atoms with van der Waals surface area (Å²) in [4.78, 5) is 2.54. The number of morpholine rings is 1. The lowest BCUT2D eigenvalue weighted by molar-refractivity contribution is -0.166. The highest BCUT2D eigenvalue weighted by molar-refractivity contribution is 4.93. The fourth-order valence-corrected chi connectivity index (χ4v) is 2.46. The summed E-state index contributed by atoms with van der Waals surface area (Å²) in [5.41, 5.74) is 0.346. The molecule has 2 aliphatic heterocycles. The van der Waals surface area contributed by atoms with Crippen LogP contribution < -0.4 is 0 Å². The predicted molar refractivity (Wildman–Crippen MR) is 60.1 cm³/mol. The van der Waals surface area contributed by atoms with Crippen molar-refractivity contribution in [2.75, 3.05) is 32.9 Å². The summed E-state index contributed by atoms with van der Waals surface area (Å²) in [7, 11) is 0. The molecule has 0 atom stereocenters. The lowest BCUT2D eigenvalue weighted by Crippen LogP contribution is -2.59. The third kappa shape index (κ3) is 2.52. The van der Waals surface area contributed by atoms with Crippen molar-refractivity contribution in [2.45, 2.75) is 44.8 Å². The van der Waals surface area contributed by atoms with Gasteiger partial charge in [0.25, 0.3) is 0 Å². The Bertz CT molecular complexity index is 211. The van der Waals surface area contributed by atoms with Crippen molar-refractivity contribution in [1.29, 1.82) is 0 Å². The van der Waals surface area contributed by atoms with E-state index in [9.17, 15) is 0 Å². The van der Waals surface area contributed by atoms with Gasteiger partial charge in [0.2, 0.25) is 0 Å². The molecule has 88 valence electrons. The van der Waals surface area contributed by atoms with Gasteiger partial charge in [0, 0.05) is 44.7 Å². The zero-order valence-corrected chi connectivity index (χ0v) is 10.2. The zero-order chi connectivity index (χ0) is 10.9. The van der Waals surface area contributed by atoms with Crippen molar-refractivity contribution >= 4 is 0 Å². The van der Waals surface area contributed by atoms with Crippen LogP contribution in [0.3, 0.4) is 0 Å². The van der Waals surface area contributed by atoms with Crippen LogP contribution in [0.1, 0.15) is 33.6 Å². The Kier molecular flexibility index (Phi) is 3.06. The molecule has 0 N–H and O–H groups in total. The van der Waals surface area contributed by atoms with Gasteiger partial charge in [-0.15, -0.1) is 0 Å². The maximum atomic E-state index is 6.01. The van der Waals surface area contributed by atoms with Crippen molar-refractivity contribution in [1.82, 2.24) is 4.90 Å². The standard InChI is InChI=1S/C12H23NO2/c1-11(2,3)13-6-9-15-12(10-13)4-7-14-8-5-12/h4-10H2,1-3H3. The molecule has 0 radical (unpaired) electrons. The van der Waals surface area contributed by atoms with Crippen LogP contribution in [0.15, 0.2) is 0 Å². The second-order valence-corrected chi connectivity index (χ2v) is 5.74. The van der Waals surface area contributed by atoms with Crippen LogP contribution in [0.4, 0.5) is 0 Å². The van der Waals surface area contributed by atoms with E-state index >= 15 is 0 Å². The molecular weight excluding hydrogens is 190 g/mol. The number of ether oxygens (including phenoxy) is 2. The van der Waals surface area contributed by atoms with Gasteiger partial charge >= 0.3 is 0 Å². The third-order valence-corrected chi connectivity index (χ3v) is 3.60. The van der Waals surface area contributed by atoms with Crippen LogP contribution in [-0.2, 0) is 9.47 Å². The smallest absolute Gasteiger partial charge is 0.0853 e. The first kappa shape index (κ1) is 11.4. The molecule has 0 saturated carbocycles. The Morgan fingerprint density at radius 2 is 1.73 bits per heavy atom. The molecule has 2 aliphatic rings. The number of hydrogen-bond donors (Lipinski definition) is 0. The summed E-state index contributed by atoms with van der Waals surface area (Å²) in [6.07, 6.45) is 2.11. The Balaban J connectivity index is 2.02. The van der Waals surface area contributed by atoms with Crippen molar-refractivity contribution < 1.29 is 9.47 Å². The average molecular weight is 213 g/mol. The molecule has 2 heterocycles. The van der Waals surface area contributed by atoms with E-state index in [1.54, 1.807) is 0 Å². The number of hydrogen-bond acceptors (Lipinski definition) is 3. The molecular formula is C12H23NO2. The van der Waals surface area contributed by atoms with Crippen LogP contribution in [-0.4, -0.2) is 49.0 Å². The van der Waals surface area contributed by atoms with Crippen molar-refractivity contribution in [3.8, 4) is 0 Å². The minimum Gasteiger partial charge on any atom is -0.381 e. The molecule has 3 nitrogen and oxygen atoms in total. The normalized spacial score (nSPS) is 28.2. The average Bonchev–Trinajstić information content (AvgIpc) is 2.18. The van der Waals surface area contributed by atoms with Gasteiger partial charge in [0.1, 0.15) is 0 Å². The molecule has 0 aromatic heterocycles. The maximum Gasteiger partial charge on any atom is 0.0853 e. The summed E-state index contributed by atoms with van der Waals surface area (Å²) in [5.74, 6) is 0. The van der Waals surface area contributed by atoms with E-state index in [1.807, 2.05) is 0 Å². The predicted octanol–water partition coefficient (Wildman–Crippen LogP) is 1.67. The van der Waals surface area contributed by atoms with E-state index in [4.69, 9.17) is 9.47 Å². The van der Waals surface area contributed by atoms with E-state index < -0.39 is 0 Å². The van der Waals surface area contributed by atoms with Gasteiger partial charge in [-0.2, -0.15) is 0 Å². The van der Waals surface area contributed by atoms with Gasteiger partial charge in [0.15, 0.2) is 0 Å². The second kappa shape index (κ2) is 4.04. The minimum atomic E-state index is 0.0871. The first-order chi connectivity index (χ1) is 7.02. The molecule has 2 fully saturated rings. The highest BCUT2D eigenvalue weighted by Gasteiger charge is 2.40. The van der Waals surface area contributed by atoms with Gasteiger partial charge in [-0.1, -0.05) is 0 Å².